The molecule has 0 aromatic heterocycles. The van der Waals surface area contributed by atoms with E-state index in [1.54, 1.807) is 0 Å². The zero-order chi connectivity index (χ0) is 25.3. The van der Waals surface area contributed by atoms with Gasteiger partial charge in [-0.1, -0.05) is 26.3 Å². The number of esters is 1. The zero-order valence-corrected chi connectivity index (χ0v) is 22.1. The smallest absolute Gasteiger partial charge is 0.302 e. The molecule has 4 aliphatic carbocycles. The van der Waals surface area contributed by atoms with E-state index in [1.165, 1.54) is 12.5 Å². The maximum atomic E-state index is 12.2. The lowest BCUT2D eigenvalue weighted by atomic mass is 9.45. The second-order valence-electron chi connectivity index (χ2n) is 13.2. The minimum Gasteiger partial charge on any atom is -0.462 e. The van der Waals surface area contributed by atoms with Gasteiger partial charge < -0.3 is 19.7 Å². The number of rotatable bonds is 4. The lowest BCUT2D eigenvalue weighted by molar-refractivity contribution is -0.339. The number of ether oxygens (including phenoxy) is 2. The van der Waals surface area contributed by atoms with Crippen molar-refractivity contribution in [1.29, 1.82) is 0 Å². The van der Waals surface area contributed by atoms with E-state index in [1.807, 2.05) is 13.0 Å². The van der Waals surface area contributed by atoms with Crippen molar-refractivity contribution in [2.24, 2.45) is 40.4 Å². The van der Waals surface area contributed by atoms with Crippen LogP contribution in [0, 0.1) is 40.4 Å². The fourth-order valence-electron chi connectivity index (χ4n) is 9.44. The third-order valence-corrected chi connectivity index (χ3v) is 10.9. The fraction of sp³-hybridized carbons (Fsp3) is 0.862. The number of hydrogen-bond acceptors (Lipinski definition) is 6. The van der Waals surface area contributed by atoms with Gasteiger partial charge in [-0.15, -0.1) is 0 Å². The van der Waals surface area contributed by atoms with E-state index in [4.69, 9.17) is 9.47 Å². The molecule has 4 unspecified atom stereocenters. The molecule has 6 nitrogen and oxygen atoms in total. The highest BCUT2D eigenvalue weighted by molar-refractivity contribution is 5.91. The van der Waals surface area contributed by atoms with Crippen molar-refractivity contribution in [1.82, 2.24) is 0 Å². The first-order valence-corrected chi connectivity index (χ1v) is 13.9. The van der Waals surface area contributed by atoms with Gasteiger partial charge in [0.1, 0.15) is 6.10 Å². The van der Waals surface area contributed by atoms with Crippen LogP contribution >= 0.6 is 0 Å². The Morgan fingerprint density at radius 3 is 2.63 bits per heavy atom. The lowest BCUT2D eigenvalue weighted by Crippen LogP contribution is -2.68. The molecule has 0 bridgehead atoms. The second kappa shape index (κ2) is 8.66. The molecule has 1 aliphatic heterocycles. The van der Waals surface area contributed by atoms with Crippen molar-refractivity contribution in [3.63, 3.8) is 0 Å². The van der Waals surface area contributed by atoms with Gasteiger partial charge in [-0.2, -0.15) is 0 Å². The minimum absolute atomic E-state index is 0.0102. The van der Waals surface area contributed by atoms with Crippen LogP contribution in [0.1, 0.15) is 92.4 Å². The van der Waals surface area contributed by atoms with Crippen molar-refractivity contribution in [2.45, 2.75) is 117 Å². The van der Waals surface area contributed by atoms with Crippen LogP contribution in [0.25, 0.3) is 0 Å². The van der Waals surface area contributed by atoms with E-state index in [2.05, 4.69) is 20.8 Å². The molecule has 1 saturated heterocycles. The Bertz CT molecular complexity index is 907. The molecule has 4 fully saturated rings. The third-order valence-electron chi connectivity index (χ3n) is 10.9. The van der Waals surface area contributed by atoms with Gasteiger partial charge in [0, 0.05) is 24.7 Å². The SMILES string of the molecule is CC(=O)OC1CC2C3CCC4=CC(=O)CC[C@]4(C)C3CC[C@]23[C@H]1[C@@](C)(O)[C@@H](CCC(C)C)O[C@@H]3O. The number of aliphatic hydroxyl groups is 2. The predicted molar refractivity (Wildman–Crippen MR) is 131 cm³/mol. The van der Waals surface area contributed by atoms with Gasteiger partial charge in [0.05, 0.1) is 11.7 Å². The average molecular weight is 489 g/mol. The Hall–Kier alpha value is -1.24. The summed E-state index contributed by atoms with van der Waals surface area (Å²) in [5.74, 6) is 0.914. The van der Waals surface area contributed by atoms with Gasteiger partial charge >= 0.3 is 5.97 Å². The summed E-state index contributed by atoms with van der Waals surface area (Å²) in [7, 11) is 0. The third kappa shape index (κ3) is 3.76. The Morgan fingerprint density at radius 2 is 1.94 bits per heavy atom. The number of ketones is 1. The largest absolute Gasteiger partial charge is 0.462 e. The number of hydrogen-bond donors (Lipinski definition) is 2. The van der Waals surface area contributed by atoms with E-state index >= 15 is 0 Å². The van der Waals surface area contributed by atoms with Crippen LogP contribution in [0.5, 0.6) is 0 Å². The van der Waals surface area contributed by atoms with Crippen molar-refractivity contribution >= 4 is 11.8 Å². The molecule has 0 amide bonds. The summed E-state index contributed by atoms with van der Waals surface area (Å²) in [6.07, 6.45) is 7.28. The molecule has 3 saturated carbocycles. The average Bonchev–Trinajstić information content (AvgIpc) is 3.11. The van der Waals surface area contributed by atoms with E-state index in [9.17, 15) is 19.8 Å². The maximum Gasteiger partial charge on any atom is 0.302 e. The number of carbonyl (C=O) groups is 2. The Morgan fingerprint density at radius 1 is 1.20 bits per heavy atom. The molecular weight excluding hydrogens is 444 g/mol. The molecule has 0 aromatic carbocycles. The topological polar surface area (TPSA) is 93.1 Å². The molecular formula is C29H44O6. The first kappa shape index (κ1) is 25.4. The summed E-state index contributed by atoms with van der Waals surface area (Å²) in [5.41, 5.74) is -0.507. The van der Waals surface area contributed by atoms with Crippen LogP contribution in [0.2, 0.25) is 0 Å². The first-order valence-electron chi connectivity index (χ1n) is 13.9. The summed E-state index contributed by atoms with van der Waals surface area (Å²) in [6.45, 7) is 9.92. The lowest BCUT2D eigenvalue weighted by Gasteiger charge is -2.63. The molecule has 196 valence electrons. The van der Waals surface area contributed by atoms with Crippen molar-refractivity contribution in [3.05, 3.63) is 11.6 Å². The summed E-state index contributed by atoms with van der Waals surface area (Å²) >= 11 is 0. The van der Waals surface area contributed by atoms with Crippen molar-refractivity contribution < 1.29 is 29.3 Å². The summed E-state index contributed by atoms with van der Waals surface area (Å²) in [6, 6.07) is 0. The highest BCUT2D eigenvalue weighted by Crippen LogP contribution is 2.71. The van der Waals surface area contributed by atoms with Crippen LogP contribution in [0.3, 0.4) is 0 Å². The Labute approximate surface area is 209 Å². The van der Waals surface area contributed by atoms with Gasteiger partial charge in [0.2, 0.25) is 0 Å². The first-order chi connectivity index (χ1) is 16.4. The van der Waals surface area contributed by atoms with E-state index in [0.29, 0.717) is 37.0 Å². The standard InChI is InChI=1S/C29H44O6/c1-16(2)6-9-24-28(5,33)25-23(34-17(3)30)15-22-20-8-7-18-14-19(31)10-12-27(18,4)21(20)11-13-29(22,25)26(32)35-24/h14,16,20-26,32-33H,6-13,15H2,1-5H3/t20?,21?,22?,23?,24-,25-,26+,27+,28+,29-/m1/s1. The summed E-state index contributed by atoms with van der Waals surface area (Å²) < 4.78 is 12.2. The number of allylic oxidation sites excluding steroid dienone is 1. The zero-order valence-electron chi connectivity index (χ0n) is 22.1. The van der Waals surface area contributed by atoms with E-state index < -0.39 is 29.5 Å². The molecule has 2 N–H and O–H groups in total. The molecule has 10 atom stereocenters. The van der Waals surface area contributed by atoms with E-state index in [0.717, 1.165) is 38.5 Å². The van der Waals surface area contributed by atoms with Crippen LogP contribution < -0.4 is 0 Å². The van der Waals surface area contributed by atoms with Crippen LogP contribution in [-0.4, -0.2) is 46.1 Å². The molecule has 1 heterocycles. The van der Waals surface area contributed by atoms with Crippen LogP contribution in [-0.2, 0) is 19.1 Å². The van der Waals surface area contributed by atoms with Gasteiger partial charge in [0.15, 0.2) is 12.1 Å². The molecule has 1 spiro atoms. The van der Waals surface area contributed by atoms with Gasteiger partial charge in [0.25, 0.3) is 0 Å². The van der Waals surface area contributed by atoms with Gasteiger partial charge in [-0.3, -0.25) is 9.59 Å². The molecule has 5 rings (SSSR count). The highest BCUT2D eigenvalue weighted by atomic mass is 16.6. The van der Waals surface area contributed by atoms with Gasteiger partial charge in [-0.05, 0) is 93.5 Å². The molecule has 6 heteroatoms. The van der Waals surface area contributed by atoms with Gasteiger partial charge in [-0.25, -0.2) is 0 Å². The van der Waals surface area contributed by atoms with Crippen LogP contribution in [0.15, 0.2) is 11.6 Å². The van der Waals surface area contributed by atoms with Crippen molar-refractivity contribution in [3.8, 4) is 0 Å². The number of aliphatic hydroxyl groups excluding tert-OH is 1. The molecule has 0 aromatic rings. The second-order valence-corrected chi connectivity index (χ2v) is 13.2. The monoisotopic (exact) mass is 488 g/mol. The fourth-order valence-corrected chi connectivity index (χ4v) is 9.44. The quantitative estimate of drug-likeness (QED) is 0.564. The predicted octanol–water partition coefficient (Wildman–Crippen LogP) is 4.56. The summed E-state index contributed by atoms with van der Waals surface area (Å²) in [4.78, 5) is 24.4. The molecule has 0 radical (unpaired) electrons. The molecule has 5 aliphatic rings. The van der Waals surface area contributed by atoms with Crippen LogP contribution in [0.4, 0.5) is 0 Å². The number of carbonyl (C=O) groups excluding carboxylic acids is 2. The Kier molecular flexibility index (Phi) is 6.29. The maximum absolute atomic E-state index is 12.2. The molecule has 35 heavy (non-hydrogen) atoms. The number of fused-ring (bicyclic) bond motifs is 4. The normalized spacial score (nSPS) is 49.0. The van der Waals surface area contributed by atoms with E-state index in [-0.39, 0.29) is 29.0 Å². The highest BCUT2D eigenvalue weighted by Gasteiger charge is 2.73. The van der Waals surface area contributed by atoms with Crippen molar-refractivity contribution in [2.75, 3.05) is 0 Å². The minimum atomic E-state index is -1.20. The Balaban J connectivity index is 1.52. The summed E-state index contributed by atoms with van der Waals surface area (Å²) in [5, 5.41) is 23.7.